The average Bonchev–Trinajstić information content (AvgIpc) is 3.33. The first-order chi connectivity index (χ1) is 17.8. The van der Waals surface area contributed by atoms with E-state index in [0.717, 1.165) is 26.7 Å². The summed E-state index contributed by atoms with van der Waals surface area (Å²) in [6, 6.07) is 13.4. The Morgan fingerprint density at radius 2 is 1.89 bits per heavy atom. The smallest absolute Gasteiger partial charge is 0.221 e. The monoisotopic (exact) mass is 561 g/mol. The lowest BCUT2D eigenvalue weighted by molar-refractivity contribution is -0.114. The molecule has 0 saturated carbocycles. The summed E-state index contributed by atoms with van der Waals surface area (Å²) in [5.74, 6) is -0.214. The third-order valence-electron chi connectivity index (χ3n) is 4.80. The summed E-state index contributed by atoms with van der Waals surface area (Å²) in [6.07, 6.45) is 1.76. The summed E-state index contributed by atoms with van der Waals surface area (Å²) in [4.78, 5) is 17.5. The quantitative estimate of drug-likeness (QED) is 0.127. The van der Waals surface area contributed by atoms with E-state index in [1.54, 1.807) is 18.3 Å². The van der Waals surface area contributed by atoms with E-state index in [9.17, 15) is 9.35 Å². The third kappa shape index (κ3) is 9.04. The lowest BCUT2D eigenvalue weighted by Crippen LogP contribution is -2.33. The molecule has 0 saturated heterocycles. The first-order valence-electron chi connectivity index (χ1n) is 11.7. The van der Waals surface area contributed by atoms with E-state index in [0.29, 0.717) is 28.8 Å². The highest BCUT2D eigenvalue weighted by molar-refractivity contribution is 7.89. The van der Waals surface area contributed by atoms with Crippen LogP contribution in [-0.4, -0.2) is 58.1 Å². The van der Waals surface area contributed by atoms with Crippen LogP contribution in [0.3, 0.4) is 0 Å². The first-order valence-corrected chi connectivity index (χ1v) is 14.0. The van der Waals surface area contributed by atoms with Gasteiger partial charge < -0.3 is 30.3 Å². The van der Waals surface area contributed by atoms with Crippen LogP contribution in [0.15, 0.2) is 53.6 Å². The van der Waals surface area contributed by atoms with Crippen LogP contribution in [0, 0.1) is 0 Å². The molecule has 1 aromatic heterocycles. The number of ether oxygens (including phenoxy) is 1. The number of amides is 1. The van der Waals surface area contributed by atoms with Gasteiger partial charge in [-0.05, 0) is 62.5 Å². The number of hydrogen-bond donors (Lipinski definition) is 5. The second-order valence-electron chi connectivity index (χ2n) is 8.25. The van der Waals surface area contributed by atoms with Crippen LogP contribution in [0.2, 0.25) is 0 Å². The van der Waals surface area contributed by atoms with Crippen LogP contribution in [0.4, 0.5) is 11.4 Å². The molecule has 2 aromatic carbocycles. The zero-order valence-electron chi connectivity index (χ0n) is 20.9. The standard InChI is InChI=1S/C25H31N5O4S3/c1-16(2)28-25(35)30-19-6-4-18(5-7-19)24-26-15-22(36-24)21-9-8-20(29-17(3)32)14-23(21)37(33)27-10-12-34-13-11-31/h4-9,14-16,27,31H,10-13H2,1-3H3,(H,29,32)(H2,28,30,35). The van der Waals surface area contributed by atoms with Crippen molar-refractivity contribution in [2.45, 2.75) is 31.7 Å². The van der Waals surface area contributed by atoms with Gasteiger partial charge in [0.15, 0.2) is 10.0 Å². The summed E-state index contributed by atoms with van der Waals surface area (Å²) < 4.78 is 21.3. The Morgan fingerprint density at radius 1 is 1.16 bits per heavy atom. The van der Waals surface area contributed by atoms with Gasteiger partial charge in [-0.3, -0.25) is 4.79 Å². The Kier molecular flexibility index (Phi) is 11.3. The zero-order chi connectivity index (χ0) is 26.8. The Balaban J connectivity index is 1.79. The minimum atomic E-state index is -1.57. The van der Waals surface area contributed by atoms with Gasteiger partial charge in [-0.15, -0.1) is 16.1 Å². The molecule has 0 aliphatic carbocycles. The summed E-state index contributed by atoms with van der Waals surface area (Å²) in [5.41, 5.74) is 3.12. The fourth-order valence-corrected chi connectivity index (χ4v) is 5.68. The molecule has 5 N–H and O–H groups in total. The molecule has 1 amide bonds. The number of anilines is 2. The van der Waals surface area contributed by atoms with Crippen LogP contribution in [0.5, 0.6) is 0 Å². The molecule has 3 aromatic rings. The minimum Gasteiger partial charge on any atom is -0.593 e. The van der Waals surface area contributed by atoms with Gasteiger partial charge in [-0.1, -0.05) is 0 Å². The second kappa shape index (κ2) is 14.4. The Hall–Kier alpha value is -2.58. The zero-order valence-corrected chi connectivity index (χ0v) is 23.3. The molecule has 3 rings (SSSR count). The van der Waals surface area contributed by atoms with Crippen LogP contribution in [-0.2, 0) is 20.9 Å². The molecule has 12 heteroatoms. The van der Waals surface area contributed by atoms with Crippen molar-refractivity contribution in [1.82, 2.24) is 15.0 Å². The van der Waals surface area contributed by atoms with Crippen LogP contribution < -0.4 is 20.7 Å². The lowest BCUT2D eigenvalue weighted by Gasteiger charge is -2.15. The van der Waals surface area contributed by atoms with E-state index in [1.165, 1.54) is 18.3 Å². The van der Waals surface area contributed by atoms with Gasteiger partial charge in [-0.25, -0.2) is 4.98 Å². The van der Waals surface area contributed by atoms with Crippen LogP contribution in [0.25, 0.3) is 21.0 Å². The van der Waals surface area contributed by atoms with E-state index in [-0.39, 0.29) is 25.2 Å². The average molecular weight is 562 g/mol. The maximum absolute atomic E-state index is 13.1. The van der Waals surface area contributed by atoms with Crippen molar-refractivity contribution in [3.63, 3.8) is 0 Å². The number of benzene rings is 2. The molecule has 0 aliphatic heterocycles. The maximum Gasteiger partial charge on any atom is 0.221 e. The largest absolute Gasteiger partial charge is 0.593 e. The van der Waals surface area contributed by atoms with E-state index >= 15 is 0 Å². The van der Waals surface area contributed by atoms with Gasteiger partial charge >= 0.3 is 0 Å². The van der Waals surface area contributed by atoms with Gasteiger partial charge in [0, 0.05) is 42.2 Å². The summed E-state index contributed by atoms with van der Waals surface area (Å²) in [5, 5.41) is 19.3. The number of aliphatic hydroxyl groups is 1. The highest BCUT2D eigenvalue weighted by atomic mass is 32.2. The van der Waals surface area contributed by atoms with Gasteiger partial charge in [0.05, 0.1) is 48.2 Å². The highest BCUT2D eigenvalue weighted by Gasteiger charge is 2.21. The molecule has 1 atom stereocenters. The van der Waals surface area contributed by atoms with Crippen molar-refractivity contribution in [2.24, 2.45) is 0 Å². The predicted molar refractivity (Wildman–Crippen MR) is 154 cm³/mol. The molecule has 0 radical (unpaired) electrons. The molecule has 0 aliphatic rings. The molecule has 0 spiro atoms. The van der Waals surface area contributed by atoms with E-state index in [1.807, 2.05) is 44.2 Å². The SMILES string of the molecule is CC(=O)Nc1ccc(-c2cnc(-c3ccc(NC(=S)NC(C)C)cc3)s2)c([S+]([O-])NCCOCCO)c1. The maximum atomic E-state index is 13.1. The van der Waals surface area contributed by atoms with Crippen molar-refractivity contribution in [1.29, 1.82) is 0 Å². The number of nitrogens with zero attached hydrogens (tertiary/aromatic N) is 1. The van der Waals surface area contributed by atoms with Crippen molar-refractivity contribution in [3.05, 3.63) is 48.7 Å². The van der Waals surface area contributed by atoms with Crippen LogP contribution >= 0.6 is 23.6 Å². The molecule has 1 heterocycles. The van der Waals surface area contributed by atoms with E-state index in [4.69, 9.17) is 22.1 Å². The lowest BCUT2D eigenvalue weighted by atomic mass is 10.2. The Labute approximate surface area is 229 Å². The molecular weight excluding hydrogens is 531 g/mol. The van der Waals surface area contributed by atoms with Gasteiger partial charge in [0.25, 0.3) is 0 Å². The van der Waals surface area contributed by atoms with E-state index in [2.05, 4.69) is 25.7 Å². The molecule has 0 bridgehead atoms. The Bertz CT molecular complexity index is 1190. The number of thiazole rings is 1. The second-order valence-corrected chi connectivity index (χ2v) is 11.0. The van der Waals surface area contributed by atoms with Gasteiger partial charge in [0.1, 0.15) is 5.01 Å². The fraction of sp³-hybridized carbons (Fsp3) is 0.320. The summed E-state index contributed by atoms with van der Waals surface area (Å²) in [7, 11) is 0. The number of nitrogens with one attached hydrogen (secondary N) is 4. The van der Waals surface area contributed by atoms with Crippen molar-refractivity contribution in [2.75, 3.05) is 37.0 Å². The van der Waals surface area contributed by atoms with Gasteiger partial charge in [-0.2, -0.15) is 0 Å². The third-order valence-corrected chi connectivity index (χ3v) is 7.30. The number of thiocarbonyl (C=S) groups is 1. The molecule has 37 heavy (non-hydrogen) atoms. The molecule has 9 nitrogen and oxygen atoms in total. The number of aliphatic hydroxyl groups excluding tert-OH is 1. The van der Waals surface area contributed by atoms with Crippen molar-refractivity contribution in [3.8, 4) is 21.0 Å². The number of hydrogen-bond acceptors (Lipinski definition) is 8. The highest BCUT2D eigenvalue weighted by Crippen LogP contribution is 2.37. The predicted octanol–water partition coefficient (Wildman–Crippen LogP) is 3.75. The summed E-state index contributed by atoms with van der Waals surface area (Å²) >= 11 is 5.22. The molecule has 198 valence electrons. The Morgan fingerprint density at radius 3 is 2.57 bits per heavy atom. The van der Waals surface area contributed by atoms with Crippen molar-refractivity contribution < 1.29 is 19.2 Å². The molecule has 1 unspecified atom stereocenters. The topological polar surface area (TPSA) is 131 Å². The van der Waals surface area contributed by atoms with E-state index < -0.39 is 11.4 Å². The summed E-state index contributed by atoms with van der Waals surface area (Å²) in [6.45, 7) is 6.26. The number of carbonyl (C=O) groups excluding carboxylic acids is 1. The van der Waals surface area contributed by atoms with Crippen LogP contribution in [0.1, 0.15) is 20.8 Å². The number of aromatic nitrogens is 1. The molecule has 0 fully saturated rings. The van der Waals surface area contributed by atoms with Crippen molar-refractivity contribution >= 4 is 57.3 Å². The molecular formula is C25H31N5O4S3. The number of carbonyl (C=O) groups is 1. The van der Waals surface area contributed by atoms with Gasteiger partial charge in [0.2, 0.25) is 5.91 Å². The first kappa shape index (κ1) is 29.0. The number of rotatable bonds is 12. The normalized spacial score (nSPS) is 11.8. The fourth-order valence-electron chi connectivity index (χ4n) is 3.27. The minimum absolute atomic E-state index is 0.0677.